The van der Waals surface area contributed by atoms with E-state index in [-0.39, 0.29) is 11.3 Å². The van der Waals surface area contributed by atoms with E-state index in [0.29, 0.717) is 42.3 Å². The average molecular weight is 511 g/mol. The highest BCUT2D eigenvalue weighted by molar-refractivity contribution is 6.46. The number of amides is 1. The lowest BCUT2D eigenvalue weighted by molar-refractivity contribution is -0.140. The largest absolute Gasteiger partial charge is 0.507 e. The molecule has 0 saturated carbocycles. The van der Waals surface area contributed by atoms with Crippen molar-refractivity contribution in [2.45, 2.75) is 40.2 Å². The Labute approximate surface area is 219 Å². The van der Waals surface area contributed by atoms with Crippen LogP contribution >= 0.6 is 0 Å². The Kier molecular flexibility index (Phi) is 9.58. The van der Waals surface area contributed by atoms with Crippen LogP contribution in [0.15, 0.2) is 42.0 Å². The lowest BCUT2D eigenvalue weighted by atomic mass is 9.94. The lowest BCUT2D eigenvalue weighted by Gasteiger charge is -2.28. The molecule has 1 saturated heterocycles. The van der Waals surface area contributed by atoms with Crippen LogP contribution in [0.25, 0.3) is 5.76 Å². The standard InChI is InChI=1S/C29H38N2O6/c1-7-16-37-22-12-11-21(17-19(22)4)27(32)25-26(20-10-13-23(35-5)24(18-20)36-6)31(29(34)28(25)33)15-14-30(8-2)9-3/h10-13,17-18,26,32H,7-9,14-16H2,1-6H3. The number of ether oxygens (including phenoxy) is 3. The van der Waals surface area contributed by atoms with Gasteiger partial charge >= 0.3 is 0 Å². The number of aliphatic hydroxyl groups excluding tert-OH is 1. The van der Waals surface area contributed by atoms with E-state index in [1.54, 1.807) is 48.4 Å². The molecule has 1 aliphatic heterocycles. The Morgan fingerprint density at radius 3 is 2.24 bits per heavy atom. The Balaban J connectivity index is 2.13. The predicted molar refractivity (Wildman–Crippen MR) is 143 cm³/mol. The molecule has 37 heavy (non-hydrogen) atoms. The fourth-order valence-corrected chi connectivity index (χ4v) is 4.60. The number of carbonyl (C=O) groups is 2. The number of nitrogens with zero attached hydrogens (tertiary/aromatic N) is 2. The summed E-state index contributed by atoms with van der Waals surface area (Å²) in [6.45, 7) is 11.2. The summed E-state index contributed by atoms with van der Waals surface area (Å²) in [6.07, 6.45) is 0.878. The molecule has 1 fully saturated rings. The number of carbonyl (C=O) groups excluding carboxylic acids is 2. The first-order valence-corrected chi connectivity index (χ1v) is 12.8. The second-order valence-corrected chi connectivity index (χ2v) is 8.96. The second-order valence-electron chi connectivity index (χ2n) is 8.96. The van der Waals surface area contributed by atoms with Crippen molar-refractivity contribution in [2.75, 3.05) is 47.0 Å². The zero-order valence-electron chi connectivity index (χ0n) is 22.7. The van der Waals surface area contributed by atoms with E-state index < -0.39 is 17.7 Å². The monoisotopic (exact) mass is 510 g/mol. The number of likely N-dealkylation sites (tertiary alicyclic amines) is 1. The minimum atomic E-state index is -0.772. The number of hydrogen-bond donors (Lipinski definition) is 1. The predicted octanol–water partition coefficient (Wildman–Crippen LogP) is 4.56. The van der Waals surface area contributed by atoms with Crippen LogP contribution in [-0.2, 0) is 9.59 Å². The number of hydrogen-bond acceptors (Lipinski definition) is 7. The highest BCUT2D eigenvalue weighted by atomic mass is 16.5. The van der Waals surface area contributed by atoms with Crippen LogP contribution in [0.5, 0.6) is 17.2 Å². The van der Waals surface area contributed by atoms with E-state index in [1.165, 1.54) is 7.11 Å². The molecule has 1 atom stereocenters. The third kappa shape index (κ3) is 5.91. The van der Waals surface area contributed by atoms with Gasteiger partial charge in [-0.15, -0.1) is 0 Å². The van der Waals surface area contributed by atoms with Crippen LogP contribution in [0, 0.1) is 6.92 Å². The molecule has 8 heteroatoms. The first-order valence-electron chi connectivity index (χ1n) is 12.8. The van der Waals surface area contributed by atoms with E-state index in [0.717, 1.165) is 30.8 Å². The van der Waals surface area contributed by atoms with Gasteiger partial charge in [-0.3, -0.25) is 9.59 Å². The van der Waals surface area contributed by atoms with Crippen molar-refractivity contribution >= 4 is 17.4 Å². The molecule has 1 aliphatic rings. The third-order valence-electron chi connectivity index (χ3n) is 6.72. The molecule has 0 aliphatic carbocycles. The number of aliphatic hydroxyl groups is 1. The van der Waals surface area contributed by atoms with Crippen molar-refractivity contribution in [2.24, 2.45) is 0 Å². The summed E-state index contributed by atoms with van der Waals surface area (Å²) >= 11 is 0. The summed E-state index contributed by atoms with van der Waals surface area (Å²) in [5.74, 6) is 0.171. The van der Waals surface area contributed by atoms with E-state index in [2.05, 4.69) is 18.7 Å². The maximum Gasteiger partial charge on any atom is 0.295 e. The van der Waals surface area contributed by atoms with Crippen LogP contribution in [0.1, 0.15) is 49.9 Å². The Bertz CT molecular complexity index is 1160. The number of Topliss-reactive ketones (excluding diaryl/α,β-unsaturated/α-hetero) is 1. The van der Waals surface area contributed by atoms with Crippen molar-refractivity contribution in [3.05, 3.63) is 58.7 Å². The van der Waals surface area contributed by atoms with Gasteiger partial charge < -0.3 is 29.1 Å². The smallest absolute Gasteiger partial charge is 0.295 e. The molecule has 1 heterocycles. The average Bonchev–Trinajstić information content (AvgIpc) is 3.17. The molecule has 0 bridgehead atoms. The number of rotatable bonds is 12. The lowest BCUT2D eigenvalue weighted by Crippen LogP contribution is -2.38. The summed E-state index contributed by atoms with van der Waals surface area (Å²) in [5, 5.41) is 11.4. The molecule has 1 unspecified atom stereocenters. The molecule has 1 N–H and O–H groups in total. The SMILES string of the molecule is CCCOc1ccc(C(O)=C2C(=O)C(=O)N(CCN(CC)CC)C2c2ccc(OC)c(OC)c2)cc1C. The zero-order valence-corrected chi connectivity index (χ0v) is 22.7. The fraction of sp³-hybridized carbons (Fsp3) is 0.448. The normalized spacial score (nSPS) is 16.9. The molecular formula is C29H38N2O6. The zero-order chi connectivity index (χ0) is 27.1. The minimum absolute atomic E-state index is 0.0541. The highest BCUT2D eigenvalue weighted by Gasteiger charge is 2.46. The maximum absolute atomic E-state index is 13.4. The summed E-state index contributed by atoms with van der Waals surface area (Å²) in [7, 11) is 3.08. The molecule has 1 amide bonds. The second kappa shape index (κ2) is 12.6. The Morgan fingerprint density at radius 2 is 1.65 bits per heavy atom. The number of ketones is 1. The first kappa shape index (κ1) is 28.1. The molecular weight excluding hydrogens is 472 g/mol. The molecule has 200 valence electrons. The topological polar surface area (TPSA) is 88.5 Å². The molecule has 0 spiro atoms. The summed E-state index contributed by atoms with van der Waals surface area (Å²) < 4.78 is 16.6. The van der Waals surface area contributed by atoms with Crippen molar-refractivity contribution in [1.82, 2.24) is 9.80 Å². The van der Waals surface area contributed by atoms with Crippen molar-refractivity contribution in [1.29, 1.82) is 0 Å². The quantitative estimate of drug-likeness (QED) is 0.254. The van der Waals surface area contributed by atoms with Crippen molar-refractivity contribution < 1.29 is 28.9 Å². The molecule has 2 aromatic carbocycles. The third-order valence-corrected chi connectivity index (χ3v) is 6.72. The van der Waals surface area contributed by atoms with E-state index >= 15 is 0 Å². The summed E-state index contributed by atoms with van der Waals surface area (Å²) in [5.41, 5.74) is 1.99. The Morgan fingerprint density at radius 1 is 0.973 bits per heavy atom. The van der Waals surface area contributed by atoms with Crippen molar-refractivity contribution in [3.63, 3.8) is 0 Å². The molecule has 0 aromatic heterocycles. The van der Waals surface area contributed by atoms with Gasteiger partial charge in [0.1, 0.15) is 11.5 Å². The van der Waals surface area contributed by atoms with E-state index in [4.69, 9.17) is 14.2 Å². The maximum atomic E-state index is 13.4. The van der Waals surface area contributed by atoms with Gasteiger partial charge in [0.15, 0.2) is 11.5 Å². The highest BCUT2D eigenvalue weighted by Crippen LogP contribution is 2.42. The van der Waals surface area contributed by atoms with Gasteiger partial charge in [-0.05, 0) is 67.9 Å². The molecule has 3 rings (SSSR count). The Hall–Kier alpha value is -3.52. The van der Waals surface area contributed by atoms with Crippen LogP contribution in [0.3, 0.4) is 0 Å². The van der Waals surface area contributed by atoms with Crippen molar-refractivity contribution in [3.8, 4) is 17.2 Å². The van der Waals surface area contributed by atoms with E-state index in [9.17, 15) is 14.7 Å². The molecule has 0 radical (unpaired) electrons. The fourth-order valence-electron chi connectivity index (χ4n) is 4.60. The van der Waals surface area contributed by atoms with Gasteiger partial charge in [-0.1, -0.05) is 26.8 Å². The number of aryl methyl sites for hydroxylation is 1. The molecule has 2 aromatic rings. The number of benzene rings is 2. The summed E-state index contributed by atoms with van der Waals surface area (Å²) in [6, 6.07) is 9.77. The minimum Gasteiger partial charge on any atom is -0.507 e. The van der Waals surface area contributed by atoms with Gasteiger partial charge in [0.2, 0.25) is 0 Å². The van der Waals surface area contributed by atoms with Crippen LogP contribution < -0.4 is 14.2 Å². The van der Waals surface area contributed by atoms with Gasteiger partial charge in [-0.25, -0.2) is 0 Å². The number of methoxy groups -OCH3 is 2. The van der Waals surface area contributed by atoms with Gasteiger partial charge in [0, 0.05) is 18.7 Å². The summed E-state index contributed by atoms with van der Waals surface area (Å²) in [4.78, 5) is 30.4. The molecule has 8 nitrogen and oxygen atoms in total. The van der Waals surface area contributed by atoms with E-state index in [1.807, 2.05) is 13.8 Å². The van der Waals surface area contributed by atoms with Crippen LogP contribution in [0.2, 0.25) is 0 Å². The van der Waals surface area contributed by atoms with Gasteiger partial charge in [0.25, 0.3) is 11.7 Å². The van der Waals surface area contributed by atoms with Gasteiger partial charge in [-0.2, -0.15) is 0 Å². The van der Waals surface area contributed by atoms with Crippen LogP contribution in [-0.4, -0.2) is 73.6 Å². The first-order chi connectivity index (χ1) is 17.8. The van der Waals surface area contributed by atoms with Gasteiger partial charge in [0.05, 0.1) is 32.4 Å². The number of likely N-dealkylation sites (N-methyl/N-ethyl adjacent to an activating group) is 1. The van der Waals surface area contributed by atoms with Crippen LogP contribution in [0.4, 0.5) is 0 Å².